The van der Waals surface area contributed by atoms with Crippen molar-refractivity contribution in [2.45, 2.75) is 6.42 Å². The van der Waals surface area contributed by atoms with Gasteiger partial charge in [0.2, 0.25) is 5.91 Å². The first-order valence-electron chi connectivity index (χ1n) is 6.18. The highest BCUT2D eigenvalue weighted by Crippen LogP contribution is 2.22. The maximum Gasteiger partial charge on any atom is 0.230 e. The van der Waals surface area contributed by atoms with E-state index < -0.39 is 0 Å². The minimum atomic E-state index is -0.0588. The van der Waals surface area contributed by atoms with Crippen molar-refractivity contribution in [3.05, 3.63) is 29.4 Å². The number of nitrogens with one attached hydrogen (secondary N) is 2. The number of benzene rings is 1. The van der Waals surface area contributed by atoms with Crippen LogP contribution in [-0.4, -0.2) is 29.0 Å². The van der Waals surface area contributed by atoms with E-state index in [1.54, 1.807) is 0 Å². The molecule has 1 unspecified atom stereocenters. The zero-order valence-electron chi connectivity index (χ0n) is 10.2. The van der Waals surface area contributed by atoms with Crippen LogP contribution in [0.25, 0.3) is 11.0 Å². The van der Waals surface area contributed by atoms with Gasteiger partial charge in [-0.15, -0.1) is 0 Å². The van der Waals surface area contributed by atoms with Gasteiger partial charge in [0.05, 0.1) is 17.0 Å². The van der Waals surface area contributed by atoms with Crippen molar-refractivity contribution in [2.24, 2.45) is 5.92 Å². The van der Waals surface area contributed by atoms with Gasteiger partial charge < -0.3 is 10.6 Å². The molecule has 1 aliphatic rings. The summed E-state index contributed by atoms with van der Waals surface area (Å²) in [7, 11) is 0. The summed E-state index contributed by atoms with van der Waals surface area (Å²) in [4.78, 5) is 20.6. The number of para-hydroxylation sites is 2. The fourth-order valence-electron chi connectivity index (χ4n) is 2.16. The van der Waals surface area contributed by atoms with Crippen LogP contribution in [0.1, 0.15) is 6.42 Å². The van der Waals surface area contributed by atoms with Crippen LogP contribution in [0.4, 0.5) is 5.82 Å². The Morgan fingerprint density at radius 3 is 2.74 bits per heavy atom. The monoisotopic (exact) mass is 276 g/mol. The van der Waals surface area contributed by atoms with E-state index in [0.29, 0.717) is 23.4 Å². The number of anilines is 1. The Kier molecular flexibility index (Phi) is 3.31. The summed E-state index contributed by atoms with van der Waals surface area (Å²) in [5, 5.41) is 6.13. The zero-order chi connectivity index (χ0) is 13.2. The van der Waals surface area contributed by atoms with E-state index in [-0.39, 0.29) is 17.0 Å². The van der Waals surface area contributed by atoms with Crippen molar-refractivity contribution < 1.29 is 4.79 Å². The van der Waals surface area contributed by atoms with Gasteiger partial charge in [0.1, 0.15) is 0 Å². The second-order valence-corrected chi connectivity index (χ2v) is 4.89. The van der Waals surface area contributed by atoms with E-state index >= 15 is 0 Å². The van der Waals surface area contributed by atoms with Crippen LogP contribution >= 0.6 is 11.6 Å². The molecule has 1 aliphatic heterocycles. The Morgan fingerprint density at radius 2 is 2.05 bits per heavy atom. The van der Waals surface area contributed by atoms with E-state index in [2.05, 4.69) is 20.6 Å². The molecule has 2 N–H and O–H groups in total. The summed E-state index contributed by atoms with van der Waals surface area (Å²) >= 11 is 6.05. The smallest absolute Gasteiger partial charge is 0.230 e. The molecule has 98 valence electrons. The molecule has 1 fully saturated rings. The lowest BCUT2D eigenvalue weighted by molar-refractivity contribution is -0.119. The summed E-state index contributed by atoms with van der Waals surface area (Å²) in [5.74, 6) is 0.248. The first-order chi connectivity index (χ1) is 9.24. The third-order valence-electron chi connectivity index (χ3n) is 3.20. The number of fused-ring (bicyclic) bond motifs is 1. The largest absolute Gasteiger partial charge is 0.316 e. The fraction of sp³-hybridized carbons (Fsp3) is 0.308. The van der Waals surface area contributed by atoms with Crippen molar-refractivity contribution in [2.75, 3.05) is 18.4 Å². The number of halogens is 1. The van der Waals surface area contributed by atoms with Crippen LogP contribution in [0.2, 0.25) is 5.15 Å². The lowest BCUT2D eigenvalue weighted by Gasteiger charge is -2.10. The molecule has 0 saturated carbocycles. The molecule has 1 atom stereocenters. The summed E-state index contributed by atoms with van der Waals surface area (Å²) < 4.78 is 0. The topological polar surface area (TPSA) is 66.9 Å². The molecule has 1 aromatic heterocycles. The van der Waals surface area contributed by atoms with Crippen molar-refractivity contribution >= 4 is 34.4 Å². The molecule has 3 rings (SSSR count). The summed E-state index contributed by atoms with van der Waals surface area (Å²) in [6, 6.07) is 7.42. The van der Waals surface area contributed by atoms with Gasteiger partial charge in [0, 0.05) is 6.54 Å². The average Bonchev–Trinajstić information content (AvgIpc) is 2.93. The average molecular weight is 277 g/mol. The molecule has 1 aromatic carbocycles. The first-order valence-corrected chi connectivity index (χ1v) is 6.56. The third kappa shape index (κ3) is 2.52. The lowest BCUT2D eigenvalue weighted by atomic mass is 10.1. The number of nitrogens with zero attached hydrogens (tertiary/aromatic N) is 2. The van der Waals surface area contributed by atoms with Gasteiger partial charge in [-0.25, -0.2) is 9.97 Å². The maximum atomic E-state index is 12.0. The highest BCUT2D eigenvalue weighted by Gasteiger charge is 2.23. The van der Waals surface area contributed by atoms with Crippen LogP contribution in [0.5, 0.6) is 0 Å². The predicted octanol–water partition coefficient (Wildman–Crippen LogP) is 1.83. The van der Waals surface area contributed by atoms with E-state index in [1.807, 2.05) is 24.3 Å². The Morgan fingerprint density at radius 1 is 1.32 bits per heavy atom. The Balaban J connectivity index is 1.87. The standard InChI is InChI=1S/C13H13ClN4O/c14-11-12(18-13(19)8-5-6-15-7-8)17-10-4-2-1-3-9(10)16-11/h1-4,8,15H,5-7H2,(H,17,18,19). The van der Waals surface area contributed by atoms with E-state index in [9.17, 15) is 4.79 Å². The molecule has 0 radical (unpaired) electrons. The van der Waals surface area contributed by atoms with E-state index in [0.717, 1.165) is 13.0 Å². The van der Waals surface area contributed by atoms with Crippen molar-refractivity contribution in [3.8, 4) is 0 Å². The number of carbonyl (C=O) groups is 1. The first kappa shape index (κ1) is 12.3. The molecule has 2 aromatic rings. The highest BCUT2D eigenvalue weighted by atomic mass is 35.5. The summed E-state index contributed by atoms with van der Waals surface area (Å²) in [5.41, 5.74) is 1.43. The number of hydrogen-bond donors (Lipinski definition) is 2. The molecule has 6 heteroatoms. The van der Waals surface area contributed by atoms with Crippen LogP contribution in [0.15, 0.2) is 24.3 Å². The predicted molar refractivity (Wildman–Crippen MR) is 74.2 cm³/mol. The van der Waals surface area contributed by atoms with Gasteiger partial charge in [0.15, 0.2) is 11.0 Å². The molecule has 19 heavy (non-hydrogen) atoms. The lowest BCUT2D eigenvalue weighted by Crippen LogP contribution is -2.25. The second kappa shape index (κ2) is 5.11. The van der Waals surface area contributed by atoms with Crippen LogP contribution in [0, 0.1) is 5.92 Å². The minimum absolute atomic E-state index is 0.0238. The van der Waals surface area contributed by atoms with Gasteiger partial charge in [-0.2, -0.15) is 0 Å². The second-order valence-electron chi connectivity index (χ2n) is 4.53. The molecule has 0 aliphatic carbocycles. The van der Waals surface area contributed by atoms with E-state index in [4.69, 9.17) is 11.6 Å². The van der Waals surface area contributed by atoms with Gasteiger partial charge in [0.25, 0.3) is 0 Å². The van der Waals surface area contributed by atoms with Crippen LogP contribution in [-0.2, 0) is 4.79 Å². The molecule has 1 saturated heterocycles. The Labute approximate surface area is 115 Å². The molecule has 5 nitrogen and oxygen atoms in total. The van der Waals surface area contributed by atoms with Gasteiger partial charge in [-0.05, 0) is 25.1 Å². The normalized spacial score (nSPS) is 18.7. The van der Waals surface area contributed by atoms with Gasteiger partial charge in [-0.1, -0.05) is 23.7 Å². The van der Waals surface area contributed by atoms with Crippen LogP contribution in [0.3, 0.4) is 0 Å². The molecule has 0 bridgehead atoms. The molecule has 0 spiro atoms. The number of hydrogen-bond acceptors (Lipinski definition) is 4. The summed E-state index contributed by atoms with van der Waals surface area (Å²) in [6.45, 7) is 1.57. The van der Waals surface area contributed by atoms with Gasteiger partial charge in [-0.3, -0.25) is 4.79 Å². The zero-order valence-corrected chi connectivity index (χ0v) is 10.9. The third-order valence-corrected chi connectivity index (χ3v) is 3.46. The van der Waals surface area contributed by atoms with E-state index in [1.165, 1.54) is 0 Å². The number of amides is 1. The van der Waals surface area contributed by atoms with Crippen molar-refractivity contribution in [3.63, 3.8) is 0 Å². The minimum Gasteiger partial charge on any atom is -0.316 e. The SMILES string of the molecule is O=C(Nc1nc2ccccc2nc1Cl)C1CCNC1. The van der Waals surface area contributed by atoms with Crippen molar-refractivity contribution in [1.29, 1.82) is 0 Å². The molecule has 1 amide bonds. The fourth-order valence-corrected chi connectivity index (χ4v) is 2.34. The molecule has 2 heterocycles. The van der Waals surface area contributed by atoms with Gasteiger partial charge >= 0.3 is 0 Å². The Bertz CT molecular complexity index is 625. The maximum absolute atomic E-state index is 12.0. The van der Waals surface area contributed by atoms with Crippen LogP contribution < -0.4 is 10.6 Å². The molecular formula is C13H13ClN4O. The van der Waals surface area contributed by atoms with Crippen molar-refractivity contribution in [1.82, 2.24) is 15.3 Å². The number of aromatic nitrogens is 2. The highest BCUT2D eigenvalue weighted by molar-refractivity contribution is 6.32. The molecular weight excluding hydrogens is 264 g/mol. The quantitative estimate of drug-likeness (QED) is 0.878. The number of rotatable bonds is 2. The summed E-state index contributed by atoms with van der Waals surface area (Å²) in [6.07, 6.45) is 0.838. The number of carbonyl (C=O) groups excluding carboxylic acids is 1. The Hall–Kier alpha value is -1.72.